The summed E-state index contributed by atoms with van der Waals surface area (Å²) in [6.07, 6.45) is -2.58. The van der Waals surface area contributed by atoms with Gasteiger partial charge in [0.2, 0.25) is 0 Å². The van der Waals surface area contributed by atoms with Gasteiger partial charge in [-0.1, -0.05) is 12.1 Å². The zero-order chi connectivity index (χ0) is 19.2. The Labute approximate surface area is 157 Å². The molecule has 0 bridgehead atoms. The molecule has 2 saturated heterocycles. The normalized spacial score (nSPS) is 26.7. The number of benzene rings is 1. The number of amides is 2. The average Bonchev–Trinajstić information content (AvgIpc) is 2.93. The molecule has 2 aliphatic rings. The first-order valence-corrected chi connectivity index (χ1v) is 9.43. The second-order valence-corrected chi connectivity index (χ2v) is 7.12. The Morgan fingerprint density at radius 1 is 1.26 bits per heavy atom. The Hall–Kier alpha value is -1.80. The summed E-state index contributed by atoms with van der Waals surface area (Å²) in [7, 11) is 0. The van der Waals surface area contributed by atoms with Gasteiger partial charge in [-0.15, -0.1) is 0 Å². The summed E-state index contributed by atoms with van der Waals surface area (Å²) in [5.41, 5.74) is 1.07. The van der Waals surface area contributed by atoms with E-state index in [0.717, 1.165) is 25.1 Å². The van der Waals surface area contributed by atoms with Crippen LogP contribution in [0.3, 0.4) is 0 Å². The predicted octanol–water partition coefficient (Wildman–Crippen LogP) is 2.58. The fourth-order valence-electron chi connectivity index (χ4n) is 3.81. The Balaban J connectivity index is 1.54. The molecule has 2 fully saturated rings. The number of carbonyl (C=O) groups excluding carboxylic acids is 1. The van der Waals surface area contributed by atoms with Crippen molar-refractivity contribution in [3.8, 4) is 0 Å². The van der Waals surface area contributed by atoms with Crippen molar-refractivity contribution >= 4 is 6.03 Å². The highest BCUT2D eigenvalue weighted by molar-refractivity contribution is 5.74. The van der Waals surface area contributed by atoms with Crippen molar-refractivity contribution in [2.24, 2.45) is 5.92 Å². The number of nitrogens with zero attached hydrogens (tertiary/aromatic N) is 1. The molecule has 3 rings (SSSR count). The molecule has 0 aromatic heterocycles. The van der Waals surface area contributed by atoms with E-state index in [2.05, 4.69) is 10.6 Å². The van der Waals surface area contributed by atoms with Gasteiger partial charge in [-0.3, -0.25) is 0 Å². The molecule has 1 aromatic carbocycles. The summed E-state index contributed by atoms with van der Waals surface area (Å²) in [6, 6.07) is 6.28. The zero-order valence-electron chi connectivity index (χ0n) is 15.2. The number of hydrogen-bond donors (Lipinski definition) is 2. The Kier molecular flexibility index (Phi) is 6.95. The Morgan fingerprint density at radius 2 is 2.04 bits per heavy atom. The van der Waals surface area contributed by atoms with Crippen LogP contribution in [0.2, 0.25) is 0 Å². The van der Waals surface area contributed by atoms with E-state index in [1.54, 1.807) is 12.1 Å². The first kappa shape index (κ1) is 19.9. The lowest BCUT2D eigenvalue weighted by molar-refractivity contribution is -0.0495. The topological polar surface area (TPSA) is 53.6 Å². The van der Waals surface area contributed by atoms with Crippen molar-refractivity contribution in [3.05, 3.63) is 35.6 Å². The van der Waals surface area contributed by atoms with Crippen LogP contribution in [0.5, 0.6) is 0 Å². The van der Waals surface area contributed by atoms with Crippen LogP contribution in [0.1, 0.15) is 24.3 Å². The summed E-state index contributed by atoms with van der Waals surface area (Å²) < 4.78 is 43.9. The van der Waals surface area contributed by atoms with Crippen molar-refractivity contribution in [1.82, 2.24) is 15.5 Å². The zero-order valence-corrected chi connectivity index (χ0v) is 15.2. The molecule has 27 heavy (non-hydrogen) atoms. The number of piperidine rings is 1. The third kappa shape index (κ3) is 5.35. The highest BCUT2D eigenvalue weighted by atomic mass is 19.3. The van der Waals surface area contributed by atoms with Crippen LogP contribution in [0.4, 0.5) is 18.0 Å². The van der Waals surface area contributed by atoms with Gasteiger partial charge in [-0.25, -0.2) is 18.0 Å². The van der Waals surface area contributed by atoms with Gasteiger partial charge >= 0.3 is 6.03 Å². The SMILES string of the molecule is O=C(NC[C@@H]1CNCC[C@@H]1c1ccc(F)cc1)N1CCOC(C(F)F)CC1. The van der Waals surface area contributed by atoms with Gasteiger partial charge in [0.05, 0.1) is 6.61 Å². The Morgan fingerprint density at radius 3 is 2.78 bits per heavy atom. The van der Waals surface area contributed by atoms with Crippen molar-refractivity contribution < 1.29 is 22.7 Å². The van der Waals surface area contributed by atoms with Gasteiger partial charge in [0.15, 0.2) is 0 Å². The van der Waals surface area contributed by atoms with Gasteiger partial charge < -0.3 is 20.3 Å². The molecule has 3 atom stereocenters. The number of ether oxygens (including phenoxy) is 1. The number of urea groups is 1. The molecule has 5 nitrogen and oxygen atoms in total. The fraction of sp³-hybridized carbons (Fsp3) is 0.632. The highest BCUT2D eigenvalue weighted by Gasteiger charge is 2.29. The summed E-state index contributed by atoms with van der Waals surface area (Å²) in [6.45, 7) is 2.80. The van der Waals surface area contributed by atoms with E-state index in [-0.39, 0.29) is 43.3 Å². The fourth-order valence-corrected chi connectivity index (χ4v) is 3.81. The number of alkyl halides is 2. The van der Waals surface area contributed by atoms with E-state index in [9.17, 15) is 18.0 Å². The van der Waals surface area contributed by atoms with Gasteiger partial charge in [0.1, 0.15) is 11.9 Å². The van der Waals surface area contributed by atoms with Crippen molar-refractivity contribution in [2.75, 3.05) is 39.3 Å². The van der Waals surface area contributed by atoms with Gasteiger partial charge in [0.25, 0.3) is 6.43 Å². The molecule has 1 unspecified atom stereocenters. The van der Waals surface area contributed by atoms with Crippen molar-refractivity contribution in [3.63, 3.8) is 0 Å². The molecule has 0 radical (unpaired) electrons. The standard InChI is InChI=1S/C19H26F3N3O2/c20-15-3-1-13(2-4-15)16-5-7-23-11-14(16)12-24-19(26)25-8-6-17(18(21)22)27-10-9-25/h1-4,14,16-18,23H,5-12H2,(H,24,26)/t14-,16+,17?/m0/s1. The minimum absolute atomic E-state index is 0.117. The number of nitrogens with one attached hydrogen (secondary N) is 2. The number of hydrogen-bond acceptors (Lipinski definition) is 3. The number of rotatable bonds is 4. The van der Waals surface area contributed by atoms with E-state index < -0.39 is 12.5 Å². The third-order valence-corrected chi connectivity index (χ3v) is 5.37. The summed E-state index contributed by atoms with van der Waals surface area (Å²) >= 11 is 0. The maximum absolute atomic E-state index is 13.2. The maximum atomic E-state index is 13.2. The summed E-state index contributed by atoms with van der Waals surface area (Å²) in [5, 5.41) is 6.27. The largest absolute Gasteiger partial charge is 0.370 e. The smallest absolute Gasteiger partial charge is 0.317 e. The molecule has 1 aromatic rings. The van der Waals surface area contributed by atoms with Crippen molar-refractivity contribution in [2.45, 2.75) is 31.3 Å². The van der Waals surface area contributed by atoms with Crippen LogP contribution in [0, 0.1) is 11.7 Å². The first-order valence-electron chi connectivity index (χ1n) is 9.43. The van der Waals surface area contributed by atoms with E-state index in [4.69, 9.17) is 4.74 Å². The molecule has 2 N–H and O–H groups in total. The lowest BCUT2D eigenvalue weighted by Gasteiger charge is -2.33. The van der Waals surface area contributed by atoms with Crippen LogP contribution >= 0.6 is 0 Å². The number of halogens is 3. The minimum Gasteiger partial charge on any atom is -0.370 e. The summed E-state index contributed by atoms with van der Waals surface area (Å²) in [4.78, 5) is 14.0. The molecular formula is C19H26F3N3O2. The van der Waals surface area contributed by atoms with Crippen LogP contribution in [0.15, 0.2) is 24.3 Å². The van der Waals surface area contributed by atoms with Gasteiger partial charge in [0, 0.05) is 26.2 Å². The van der Waals surface area contributed by atoms with E-state index in [0.29, 0.717) is 13.1 Å². The van der Waals surface area contributed by atoms with Gasteiger partial charge in [-0.2, -0.15) is 0 Å². The molecule has 8 heteroatoms. The second kappa shape index (κ2) is 9.41. The minimum atomic E-state index is -2.53. The molecule has 0 spiro atoms. The first-order chi connectivity index (χ1) is 13.0. The molecule has 2 amide bonds. The summed E-state index contributed by atoms with van der Waals surface area (Å²) in [5.74, 6) is 0.163. The lowest BCUT2D eigenvalue weighted by atomic mass is 9.81. The van der Waals surface area contributed by atoms with Crippen LogP contribution in [0.25, 0.3) is 0 Å². The van der Waals surface area contributed by atoms with E-state index in [1.165, 1.54) is 17.0 Å². The van der Waals surface area contributed by atoms with Crippen molar-refractivity contribution in [1.29, 1.82) is 0 Å². The third-order valence-electron chi connectivity index (χ3n) is 5.37. The van der Waals surface area contributed by atoms with Crippen LogP contribution < -0.4 is 10.6 Å². The highest BCUT2D eigenvalue weighted by Crippen LogP contribution is 2.30. The molecule has 2 aliphatic heterocycles. The second-order valence-electron chi connectivity index (χ2n) is 7.12. The quantitative estimate of drug-likeness (QED) is 0.838. The predicted molar refractivity (Wildman–Crippen MR) is 95.5 cm³/mol. The van der Waals surface area contributed by atoms with E-state index in [1.807, 2.05) is 0 Å². The molecule has 150 valence electrons. The molecular weight excluding hydrogens is 359 g/mol. The van der Waals surface area contributed by atoms with Crippen LogP contribution in [-0.4, -0.2) is 62.8 Å². The number of carbonyl (C=O) groups is 1. The molecule has 2 heterocycles. The maximum Gasteiger partial charge on any atom is 0.317 e. The molecule has 0 saturated carbocycles. The monoisotopic (exact) mass is 385 g/mol. The average molecular weight is 385 g/mol. The van der Waals surface area contributed by atoms with E-state index >= 15 is 0 Å². The Bertz CT molecular complexity index is 615. The van der Waals surface area contributed by atoms with Gasteiger partial charge in [-0.05, 0) is 48.9 Å². The lowest BCUT2D eigenvalue weighted by Crippen LogP contribution is -2.47. The van der Waals surface area contributed by atoms with Crippen LogP contribution in [-0.2, 0) is 4.74 Å². The molecule has 0 aliphatic carbocycles.